The number of carbonyl (C=O) groups is 2. The number of ether oxygens (including phenoxy) is 2. The Kier molecular flexibility index (Phi) is 7.09. The average Bonchev–Trinajstić information content (AvgIpc) is 2.67. The number of rotatable bonds is 7. The summed E-state index contributed by atoms with van der Waals surface area (Å²) in [5.41, 5.74) is 2.01. The van der Waals surface area contributed by atoms with Crippen molar-refractivity contribution < 1.29 is 19.1 Å². The third-order valence-corrected chi connectivity index (χ3v) is 3.73. The number of amides is 1. The summed E-state index contributed by atoms with van der Waals surface area (Å²) >= 11 is 0. The fourth-order valence-electron chi connectivity index (χ4n) is 2.21. The number of carbonyl (C=O) groups excluding carboxylic acids is 2. The average molecular weight is 366 g/mol. The van der Waals surface area contributed by atoms with Crippen LogP contribution in [0.2, 0.25) is 0 Å². The van der Waals surface area contributed by atoms with Crippen molar-refractivity contribution in [3.05, 3.63) is 65.2 Å². The van der Waals surface area contributed by atoms with Crippen molar-refractivity contribution in [1.29, 1.82) is 5.26 Å². The van der Waals surface area contributed by atoms with Crippen LogP contribution in [0.4, 0.5) is 5.69 Å². The molecule has 140 valence electrons. The van der Waals surface area contributed by atoms with Gasteiger partial charge in [-0.25, -0.2) is 4.79 Å². The topological polar surface area (TPSA) is 88.4 Å². The Hall–Kier alpha value is -3.17. The van der Waals surface area contributed by atoms with Crippen molar-refractivity contribution in [2.45, 2.75) is 39.6 Å². The van der Waals surface area contributed by atoms with Crippen LogP contribution >= 0.6 is 0 Å². The monoisotopic (exact) mass is 366 g/mol. The van der Waals surface area contributed by atoms with Crippen LogP contribution in [0.15, 0.2) is 48.5 Å². The maximum Gasteiger partial charge on any atom is 0.338 e. The Morgan fingerprint density at radius 3 is 2.37 bits per heavy atom. The van der Waals surface area contributed by atoms with Crippen LogP contribution in [-0.4, -0.2) is 24.1 Å². The lowest BCUT2D eigenvalue weighted by molar-refractivity contribution is -0.123. The molecule has 0 aromatic heterocycles. The molecule has 0 spiro atoms. The summed E-state index contributed by atoms with van der Waals surface area (Å²) in [5, 5.41) is 11.7. The van der Waals surface area contributed by atoms with Gasteiger partial charge in [-0.05, 0) is 50.6 Å². The summed E-state index contributed by atoms with van der Waals surface area (Å²) in [7, 11) is 0. The maximum atomic E-state index is 12.2. The Bertz CT molecular complexity index is 838. The molecule has 0 aliphatic rings. The van der Waals surface area contributed by atoms with E-state index in [9.17, 15) is 9.59 Å². The zero-order valence-corrected chi connectivity index (χ0v) is 15.6. The summed E-state index contributed by atoms with van der Waals surface area (Å²) in [4.78, 5) is 24.5. The van der Waals surface area contributed by atoms with Crippen LogP contribution < -0.4 is 5.32 Å². The van der Waals surface area contributed by atoms with Gasteiger partial charge in [-0.15, -0.1) is 0 Å². The lowest BCUT2D eigenvalue weighted by Gasteiger charge is -2.14. The second-order valence-corrected chi connectivity index (χ2v) is 6.25. The number of nitrogens with one attached hydrogen (secondary N) is 1. The van der Waals surface area contributed by atoms with Crippen molar-refractivity contribution in [3.8, 4) is 6.07 Å². The quantitative estimate of drug-likeness (QED) is 0.755. The summed E-state index contributed by atoms with van der Waals surface area (Å²) in [6.07, 6.45) is -0.881. The van der Waals surface area contributed by atoms with E-state index in [-0.39, 0.29) is 6.10 Å². The first kappa shape index (κ1) is 20.1. The van der Waals surface area contributed by atoms with Gasteiger partial charge >= 0.3 is 5.97 Å². The first-order valence-electron chi connectivity index (χ1n) is 8.62. The Labute approximate surface area is 158 Å². The van der Waals surface area contributed by atoms with Gasteiger partial charge in [-0.2, -0.15) is 5.26 Å². The molecule has 0 saturated carbocycles. The minimum atomic E-state index is -1.01. The molecule has 1 amide bonds. The third-order valence-electron chi connectivity index (χ3n) is 3.73. The van der Waals surface area contributed by atoms with Crippen molar-refractivity contribution in [1.82, 2.24) is 0 Å². The molecule has 1 N–H and O–H groups in total. The molecule has 1 atom stereocenters. The number of anilines is 1. The molecule has 27 heavy (non-hydrogen) atoms. The largest absolute Gasteiger partial charge is 0.449 e. The van der Waals surface area contributed by atoms with Crippen LogP contribution in [0.3, 0.4) is 0 Å². The van der Waals surface area contributed by atoms with Gasteiger partial charge in [0.05, 0.1) is 29.5 Å². The van der Waals surface area contributed by atoms with Crippen molar-refractivity contribution in [3.63, 3.8) is 0 Å². The van der Waals surface area contributed by atoms with Crippen LogP contribution in [0.5, 0.6) is 0 Å². The maximum absolute atomic E-state index is 12.2. The van der Waals surface area contributed by atoms with Gasteiger partial charge in [0.15, 0.2) is 6.10 Å². The molecule has 6 nitrogen and oxygen atoms in total. The summed E-state index contributed by atoms with van der Waals surface area (Å²) in [6, 6.07) is 15.5. The zero-order chi connectivity index (χ0) is 19.8. The van der Waals surface area contributed by atoms with Gasteiger partial charge in [0.2, 0.25) is 0 Å². The second-order valence-electron chi connectivity index (χ2n) is 6.25. The van der Waals surface area contributed by atoms with Crippen molar-refractivity contribution in [2.75, 3.05) is 5.32 Å². The molecular formula is C21H22N2O4. The first-order chi connectivity index (χ1) is 12.9. The van der Waals surface area contributed by atoms with Crippen molar-refractivity contribution in [2.24, 2.45) is 0 Å². The van der Waals surface area contributed by atoms with Gasteiger partial charge in [0.1, 0.15) is 6.07 Å². The molecule has 0 fully saturated rings. The molecular weight excluding hydrogens is 344 g/mol. The number of benzene rings is 2. The summed E-state index contributed by atoms with van der Waals surface area (Å²) in [6.45, 7) is 5.84. The van der Waals surface area contributed by atoms with E-state index in [1.807, 2.05) is 19.9 Å². The molecule has 6 heteroatoms. The van der Waals surface area contributed by atoms with Gasteiger partial charge in [0, 0.05) is 0 Å². The molecule has 0 aliphatic carbocycles. The van der Waals surface area contributed by atoms with E-state index in [1.165, 1.54) is 6.92 Å². The van der Waals surface area contributed by atoms with Gasteiger partial charge in [-0.1, -0.05) is 24.3 Å². The van der Waals surface area contributed by atoms with Crippen LogP contribution in [-0.2, 0) is 20.9 Å². The van der Waals surface area contributed by atoms with Crippen LogP contribution in [0.25, 0.3) is 0 Å². The van der Waals surface area contributed by atoms with Crippen LogP contribution in [0, 0.1) is 11.3 Å². The van der Waals surface area contributed by atoms with Crippen molar-refractivity contribution >= 4 is 17.6 Å². The zero-order valence-electron chi connectivity index (χ0n) is 15.6. The predicted octanol–water partition coefficient (Wildman–Crippen LogP) is 3.67. The number of esters is 1. The van der Waals surface area contributed by atoms with Crippen LogP contribution in [0.1, 0.15) is 42.3 Å². The first-order valence-corrected chi connectivity index (χ1v) is 8.62. The normalized spacial score (nSPS) is 11.5. The molecule has 0 saturated heterocycles. The Balaban J connectivity index is 1.94. The highest BCUT2D eigenvalue weighted by atomic mass is 16.5. The number of nitriles is 1. The minimum Gasteiger partial charge on any atom is -0.449 e. The smallest absolute Gasteiger partial charge is 0.338 e. The fraction of sp³-hybridized carbons (Fsp3) is 0.286. The molecule has 2 aromatic carbocycles. The molecule has 0 heterocycles. The molecule has 0 radical (unpaired) electrons. The highest BCUT2D eigenvalue weighted by molar-refractivity contribution is 5.98. The highest BCUT2D eigenvalue weighted by Gasteiger charge is 2.20. The highest BCUT2D eigenvalue weighted by Crippen LogP contribution is 2.15. The lowest BCUT2D eigenvalue weighted by atomic mass is 10.1. The Morgan fingerprint density at radius 1 is 1.07 bits per heavy atom. The van der Waals surface area contributed by atoms with Gasteiger partial charge < -0.3 is 14.8 Å². The number of nitrogens with zero attached hydrogens (tertiary/aromatic N) is 1. The standard InChI is InChI=1S/C21H22N2O4/c1-14(2)26-13-16-8-10-17(11-9-16)21(25)27-15(3)20(24)23-19-7-5-4-6-18(19)12-22/h4-11,14-15H,13H2,1-3H3,(H,23,24)/t15-/m1/s1. The van der Waals surface area contributed by atoms with E-state index in [4.69, 9.17) is 14.7 Å². The lowest BCUT2D eigenvalue weighted by Crippen LogP contribution is -2.30. The molecule has 0 bridgehead atoms. The minimum absolute atomic E-state index is 0.125. The van der Waals surface area contributed by atoms with Gasteiger partial charge in [-0.3, -0.25) is 4.79 Å². The molecule has 0 unspecified atom stereocenters. The van der Waals surface area contributed by atoms with E-state index in [0.717, 1.165) is 5.56 Å². The summed E-state index contributed by atoms with van der Waals surface area (Å²) < 4.78 is 10.7. The number of hydrogen-bond acceptors (Lipinski definition) is 5. The SMILES string of the molecule is CC(C)OCc1ccc(C(=O)O[C@H](C)C(=O)Nc2ccccc2C#N)cc1. The van der Waals surface area contributed by atoms with E-state index >= 15 is 0 Å². The second kappa shape index (κ2) is 9.51. The van der Waals surface area contributed by atoms with E-state index < -0.39 is 18.0 Å². The number of para-hydroxylation sites is 1. The molecule has 0 aliphatic heterocycles. The predicted molar refractivity (Wildman–Crippen MR) is 101 cm³/mol. The molecule has 2 rings (SSSR count). The number of hydrogen-bond donors (Lipinski definition) is 1. The fourth-order valence-corrected chi connectivity index (χ4v) is 2.21. The molecule has 2 aromatic rings. The summed E-state index contributed by atoms with van der Waals surface area (Å²) in [5.74, 6) is -1.10. The van der Waals surface area contributed by atoms with Gasteiger partial charge in [0.25, 0.3) is 5.91 Å². The third kappa shape index (κ3) is 5.94. The van der Waals surface area contributed by atoms with E-state index in [0.29, 0.717) is 23.4 Å². The van der Waals surface area contributed by atoms with E-state index in [1.54, 1.807) is 48.5 Å². The van der Waals surface area contributed by atoms with E-state index in [2.05, 4.69) is 5.32 Å². The Morgan fingerprint density at radius 2 is 1.74 bits per heavy atom.